The molecule has 176 valence electrons. The first-order chi connectivity index (χ1) is 17.1. The molecule has 0 aliphatic carbocycles. The maximum Gasteiger partial charge on any atom is 0.326 e. The van der Waals surface area contributed by atoms with E-state index in [-0.39, 0.29) is 6.03 Å². The van der Waals surface area contributed by atoms with Gasteiger partial charge in [-0.2, -0.15) is 4.98 Å². The minimum absolute atomic E-state index is 0.197. The van der Waals surface area contributed by atoms with Crippen molar-refractivity contribution in [3.05, 3.63) is 107 Å². The summed E-state index contributed by atoms with van der Waals surface area (Å²) >= 11 is 0. The minimum atomic E-state index is -0.413. The molecule has 4 aromatic rings. The number of nitrogens with one attached hydrogen (secondary N) is 1. The molecule has 1 aliphatic heterocycles. The van der Waals surface area contributed by atoms with Gasteiger partial charge in [0.25, 0.3) is 5.89 Å². The van der Waals surface area contributed by atoms with Crippen molar-refractivity contribution < 1.29 is 9.32 Å². The molecular weight excluding hydrogens is 436 g/mol. The van der Waals surface area contributed by atoms with Crippen LogP contribution in [-0.4, -0.2) is 16.2 Å². The van der Waals surface area contributed by atoms with Gasteiger partial charge in [0.1, 0.15) is 0 Å². The maximum absolute atomic E-state index is 13.3. The molecule has 1 aromatic heterocycles. The van der Waals surface area contributed by atoms with Crippen LogP contribution < -0.4 is 10.2 Å². The zero-order valence-corrected chi connectivity index (χ0v) is 20.2. The molecule has 1 unspecified atom stereocenters. The van der Waals surface area contributed by atoms with E-state index in [0.29, 0.717) is 11.7 Å². The first-order valence-corrected chi connectivity index (χ1v) is 12.0. The molecule has 1 N–H and O–H groups in total. The Hall–Kier alpha value is -4.19. The van der Waals surface area contributed by atoms with Crippen molar-refractivity contribution in [1.29, 1.82) is 0 Å². The van der Waals surface area contributed by atoms with Crippen LogP contribution in [0, 0.1) is 0 Å². The van der Waals surface area contributed by atoms with Gasteiger partial charge in [0, 0.05) is 11.3 Å². The molecular formula is C29H28N4O2. The number of carbonyl (C=O) groups is 1. The van der Waals surface area contributed by atoms with Crippen LogP contribution in [0.1, 0.15) is 49.4 Å². The normalized spacial score (nSPS) is 15.9. The number of nitrogens with zero attached hydrogens (tertiary/aromatic N) is 3. The van der Waals surface area contributed by atoms with Crippen molar-refractivity contribution in [2.75, 3.05) is 4.90 Å². The summed E-state index contributed by atoms with van der Waals surface area (Å²) in [7, 11) is 0. The van der Waals surface area contributed by atoms with Crippen molar-refractivity contribution in [3.8, 4) is 11.4 Å². The highest BCUT2D eigenvalue weighted by atomic mass is 16.5. The standard InChI is InChI=1S/C29H28N4O2/c1-4-20-11-15-22(16-12-20)26-25(19(3)33(29(34)30-26)24-9-7-6-8-10-24)28-31-27(32-35-28)23-17-13-21(5-2)14-18-23/h6-18,26H,4-5H2,1-3H3,(H,30,34). The van der Waals surface area contributed by atoms with Crippen LogP contribution in [0.5, 0.6) is 0 Å². The predicted molar refractivity (Wildman–Crippen MR) is 138 cm³/mol. The second-order valence-corrected chi connectivity index (χ2v) is 8.62. The lowest BCUT2D eigenvalue weighted by atomic mass is 9.93. The number of benzene rings is 3. The molecule has 6 nitrogen and oxygen atoms in total. The summed E-state index contributed by atoms with van der Waals surface area (Å²) in [6.45, 7) is 6.17. The lowest BCUT2D eigenvalue weighted by molar-refractivity contribution is 0.244. The van der Waals surface area contributed by atoms with E-state index in [9.17, 15) is 4.79 Å². The summed E-state index contributed by atoms with van der Waals surface area (Å²) in [5, 5.41) is 7.44. The van der Waals surface area contributed by atoms with E-state index >= 15 is 0 Å². The second-order valence-electron chi connectivity index (χ2n) is 8.62. The smallest absolute Gasteiger partial charge is 0.326 e. The van der Waals surface area contributed by atoms with E-state index < -0.39 is 6.04 Å². The van der Waals surface area contributed by atoms with E-state index in [1.807, 2.05) is 49.4 Å². The van der Waals surface area contributed by atoms with Crippen LogP contribution in [0.25, 0.3) is 17.0 Å². The van der Waals surface area contributed by atoms with Crippen molar-refractivity contribution >= 4 is 17.3 Å². The number of allylic oxidation sites excluding steroid dienone is 1. The molecule has 1 atom stereocenters. The number of carbonyl (C=O) groups excluding carboxylic acids is 1. The first-order valence-electron chi connectivity index (χ1n) is 12.0. The van der Waals surface area contributed by atoms with Crippen molar-refractivity contribution in [3.63, 3.8) is 0 Å². The van der Waals surface area contributed by atoms with Crippen molar-refractivity contribution in [2.24, 2.45) is 0 Å². The van der Waals surface area contributed by atoms with Gasteiger partial charge in [-0.05, 0) is 48.6 Å². The zero-order chi connectivity index (χ0) is 24.4. The largest absolute Gasteiger partial charge is 0.334 e. The Balaban J connectivity index is 1.61. The summed E-state index contributed by atoms with van der Waals surface area (Å²) < 4.78 is 5.80. The number of anilines is 1. The highest BCUT2D eigenvalue weighted by Crippen LogP contribution is 2.39. The number of rotatable bonds is 6. The van der Waals surface area contributed by atoms with Crippen molar-refractivity contribution in [1.82, 2.24) is 15.5 Å². The molecule has 35 heavy (non-hydrogen) atoms. The Bertz CT molecular complexity index is 1360. The van der Waals surface area contributed by atoms with Crippen LogP contribution in [-0.2, 0) is 12.8 Å². The summed E-state index contributed by atoms with van der Waals surface area (Å²) in [6, 6.07) is 25.4. The van der Waals surface area contributed by atoms with Gasteiger partial charge in [-0.3, -0.25) is 4.90 Å². The van der Waals surface area contributed by atoms with Gasteiger partial charge in [-0.1, -0.05) is 85.7 Å². The second kappa shape index (κ2) is 9.58. The fraction of sp³-hybridized carbons (Fsp3) is 0.207. The highest BCUT2D eigenvalue weighted by molar-refractivity contribution is 6.01. The predicted octanol–water partition coefficient (Wildman–Crippen LogP) is 6.56. The summed E-state index contributed by atoms with van der Waals surface area (Å²) in [5.41, 5.74) is 6.64. The van der Waals surface area contributed by atoms with Gasteiger partial charge in [0.15, 0.2) is 0 Å². The van der Waals surface area contributed by atoms with Gasteiger partial charge in [-0.15, -0.1) is 0 Å². The van der Waals surface area contributed by atoms with E-state index in [1.165, 1.54) is 11.1 Å². The summed E-state index contributed by atoms with van der Waals surface area (Å²) in [4.78, 5) is 19.7. The van der Waals surface area contributed by atoms with E-state index in [0.717, 1.165) is 40.9 Å². The highest BCUT2D eigenvalue weighted by Gasteiger charge is 2.36. The van der Waals surface area contributed by atoms with Gasteiger partial charge in [-0.25, -0.2) is 4.79 Å². The van der Waals surface area contributed by atoms with Gasteiger partial charge >= 0.3 is 6.03 Å². The fourth-order valence-corrected chi connectivity index (χ4v) is 4.44. The van der Waals surface area contributed by atoms with E-state index in [4.69, 9.17) is 9.51 Å². The van der Waals surface area contributed by atoms with Gasteiger partial charge in [0.2, 0.25) is 5.82 Å². The number of hydrogen-bond acceptors (Lipinski definition) is 4. The van der Waals surface area contributed by atoms with Crippen LogP contribution >= 0.6 is 0 Å². The zero-order valence-electron chi connectivity index (χ0n) is 20.2. The Kier molecular flexibility index (Phi) is 6.19. The van der Waals surface area contributed by atoms with E-state index in [2.05, 4.69) is 60.7 Å². The lowest BCUT2D eigenvalue weighted by Gasteiger charge is -2.35. The molecule has 6 heteroatoms. The molecule has 5 rings (SSSR count). The number of hydrogen-bond donors (Lipinski definition) is 1. The molecule has 2 heterocycles. The average Bonchev–Trinajstić information content (AvgIpc) is 3.39. The molecule has 3 aromatic carbocycles. The van der Waals surface area contributed by atoms with Crippen LogP contribution in [0.15, 0.2) is 89.1 Å². The molecule has 0 fully saturated rings. The number of aryl methyl sites for hydroxylation is 2. The summed E-state index contributed by atoms with van der Waals surface area (Å²) in [6.07, 6.45) is 1.92. The molecule has 0 spiro atoms. The molecule has 2 amide bonds. The minimum Gasteiger partial charge on any atom is -0.334 e. The Morgan fingerprint density at radius 2 is 1.51 bits per heavy atom. The monoisotopic (exact) mass is 464 g/mol. The number of aromatic nitrogens is 2. The number of para-hydroxylation sites is 1. The van der Waals surface area contributed by atoms with E-state index in [1.54, 1.807) is 4.90 Å². The van der Waals surface area contributed by atoms with Gasteiger partial charge in [0.05, 0.1) is 17.3 Å². The number of amides is 2. The van der Waals surface area contributed by atoms with Crippen LogP contribution in [0.3, 0.4) is 0 Å². The fourth-order valence-electron chi connectivity index (χ4n) is 4.44. The summed E-state index contributed by atoms with van der Waals surface area (Å²) in [5.74, 6) is 0.911. The van der Waals surface area contributed by atoms with Crippen LogP contribution in [0.2, 0.25) is 0 Å². The Labute approximate surface area is 205 Å². The first kappa shape index (κ1) is 22.6. The maximum atomic E-state index is 13.3. The SMILES string of the molecule is CCc1ccc(-c2noc(C3=C(C)N(c4ccccc4)C(=O)NC3c3ccc(CC)cc3)n2)cc1. The topological polar surface area (TPSA) is 71.3 Å². The third kappa shape index (κ3) is 4.35. The molecule has 0 radical (unpaired) electrons. The van der Waals surface area contributed by atoms with Crippen LogP contribution in [0.4, 0.5) is 10.5 Å². The molecule has 1 aliphatic rings. The Morgan fingerprint density at radius 3 is 2.14 bits per heavy atom. The third-order valence-corrected chi connectivity index (χ3v) is 6.50. The Morgan fingerprint density at radius 1 is 0.886 bits per heavy atom. The lowest BCUT2D eigenvalue weighted by Crippen LogP contribution is -2.46. The quantitative estimate of drug-likeness (QED) is 0.351. The van der Waals surface area contributed by atoms with Crippen molar-refractivity contribution in [2.45, 2.75) is 39.7 Å². The molecule has 0 bridgehead atoms. The third-order valence-electron chi connectivity index (χ3n) is 6.50. The average molecular weight is 465 g/mol. The number of urea groups is 1. The van der Waals surface area contributed by atoms with Gasteiger partial charge < -0.3 is 9.84 Å². The molecule has 0 saturated carbocycles. The molecule has 0 saturated heterocycles.